The maximum absolute atomic E-state index is 12.2. The van der Waals surface area contributed by atoms with Gasteiger partial charge in [-0.2, -0.15) is 0 Å². The van der Waals surface area contributed by atoms with E-state index in [-0.39, 0.29) is 29.7 Å². The molecule has 0 saturated carbocycles. The van der Waals surface area contributed by atoms with Crippen molar-refractivity contribution in [3.05, 3.63) is 35.4 Å². The fourth-order valence-electron chi connectivity index (χ4n) is 2.77. The van der Waals surface area contributed by atoms with E-state index in [9.17, 15) is 14.4 Å². The molecule has 1 aromatic carbocycles. The lowest BCUT2D eigenvalue weighted by molar-refractivity contribution is -0.121. The first-order valence-electron chi connectivity index (χ1n) is 8.51. The van der Waals surface area contributed by atoms with Crippen molar-refractivity contribution in [2.45, 2.75) is 46.5 Å². The van der Waals surface area contributed by atoms with Gasteiger partial charge in [0, 0.05) is 19.5 Å². The minimum absolute atomic E-state index is 0.0273. The number of nitrogens with zero attached hydrogens (tertiary/aromatic N) is 1. The molecule has 1 heterocycles. The van der Waals surface area contributed by atoms with Gasteiger partial charge in [0.25, 0.3) is 11.8 Å². The van der Waals surface area contributed by atoms with E-state index < -0.39 is 0 Å². The van der Waals surface area contributed by atoms with Gasteiger partial charge in [0.1, 0.15) is 0 Å². The van der Waals surface area contributed by atoms with Crippen LogP contribution < -0.4 is 5.32 Å². The Kier molecular flexibility index (Phi) is 5.75. The molecule has 1 aliphatic heterocycles. The van der Waals surface area contributed by atoms with Crippen molar-refractivity contribution in [1.29, 1.82) is 0 Å². The van der Waals surface area contributed by atoms with Gasteiger partial charge in [-0.15, -0.1) is 0 Å². The van der Waals surface area contributed by atoms with Crippen molar-refractivity contribution in [3.63, 3.8) is 0 Å². The molecule has 0 fully saturated rings. The Hall–Kier alpha value is -2.17. The average molecular weight is 330 g/mol. The van der Waals surface area contributed by atoms with Crippen molar-refractivity contribution in [2.75, 3.05) is 13.1 Å². The minimum atomic E-state index is -0.263. The lowest BCUT2D eigenvalue weighted by atomic mass is 9.91. The van der Waals surface area contributed by atoms with Gasteiger partial charge in [0.05, 0.1) is 11.1 Å². The lowest BCUT2D eigenvalue weighted by Gasteiger charge is -2.17. The van der Waals surface area contributed by atoms with Crippen molar-refractivity contribution in [2.24, 2.45) is 5.41 Å². The summed E-state index contributed by atoms with van der Waals surface area (Å²) in [5.74, 6) is -0.553. The van der Waals surface area contributed by atoms with Crippen LogP contribution in [-0.4, -0.2) is 35.7 Å². The van der Waals surface area contributed by atoms with E-state index in [1.54, 1.807) is 24.3 Å². The summed E-state index contributed by atoms with van der Waals surface area (Å²) in [5, 5.41) is 2.89. The van der Waals surface area contributed by atoms with E-state index in [4.69, 9.17) is 0 Å². The lowest BCUT2D eigenvalue weighted by Crippen LogP contribution is -2.32. The first-order valence-corrected chi connectivity index (χ1v) is 8.51. The molecule has 24 heavy (non-hydrogen) atoms. The van der Waals surface area contributed by atoms with Crippen molar-refractivity contribution in [1.82, 2.24) is 10.2 Å². The largest absolute Gasteiger partial charge is 0.356 e. The van der Waals surface area contributed by atoms with Crippen LogP contribution in [0.4, 0.5) is 0 Å². The Bertz CT molecular complexity index is 597. The van der Waals surface area contributed by atoms with Gasteiger partial charge in [-0.3, -0.25) is 19.3 Å². The monoisotopic (exact) mass is 330 g/mol. The summed E-state index contributed by atoms with van der Waals surface area (Å²) in [6, 6.07) is 6.83. The summed E-state index contributed by atoms with van der Waals surface area (Å²) in [6.45, 7) is 7.48. The highest BCUT2D eigenvalue weighted by Gasteiger charge is 2.34. The van der Waals surface area contributed by atoms with Crippen LogP contribution in [0.5, 0.6) is 0 Å². The SMILES string of the molecule is CC(C)(C)CCCNC(=O)CCCN1C(=O)c2ccccc2C1=O. The van der Waals surface area contributed by atoms with Crippen LogP contribution in [0.15, 0.2) is 24.3 Å². The molecule has 1 aromatic rings. The summed E-state index contributed by atoms with van der Waals surface area (Å²) in [5.41, 5.74) is 1.18. The third kappa shape index (κ3) is 4.66. The third-order valence-corrected chi connectivity index (χ3v) is 4.09. The molecule has 1 N–H and O–H groups in total. The molecule has 5 nitrogen and oxygen atoms in total. The fourth-order valence-corrected chi connectivity index (χ4v) is 2.77. The molecule has 1 aliphatic rings. The summed E-state index contributed by atoms with van der Waals surface area (Å²) in [6.07, 6.45) is 2.81. The van der Waals surface area contributed by atoms with Gasteiger partial charge >= 0.3 is 0 Å². The van der Waals surface area contributed by atoms with Gasteiger partial charge in [-0.05, 0) is 36.8 Å². The molecular weight excluding hydrogens is 304 g/mol. The van der Waals surface area contributed by atoms with E-state index in [1.165, 1.54) is 4.90 Å². The second-order valence-electron chi connectivity index (χ2n) is 7.43. The van der Waals surface area contributed by atoms with Crippen molar-refractivity contribution < 1.29 is 14.4 Å². The number of fused-ring (bicyclic) bond motifs is 1. The second kappa shape index (κ2) is 7.60. The highest BCUT2D eigenvalue weighted by Crippen LogP contribution is 2.22. The number of rotatable bonds is 7. The number of imide groups is 1. The van der Waals surface area contributed by atoms with Crippen molar-refractivity contribution in [3.8, 4) is 0 Å². The van der Waals surface area contributed by atoms with Crippen LogP contribution in [0, 0.1) is 5.41 Å². The summed E-state index contributed by atoms with van der Waals surface area (Å²) >= 11 is 0. The number of carbonyl (C=O) groups excluding carboxylic acids is 3. The molecule has 0 aromatic heterocycles. The smallest absolute Gasteiger partial charge is 0.261 e. The van der Waals surface area contributed by atoms with Gasteiger partial charge in [-0.1, -0.05) is 32.9 Å². The third-order valence-electron chi connectivity index (χ3n) is 4.09. The molecule has 5 heteroatoms. The number of carbonyl (C=O) groups is 3. The first kappa shape index (κ1) is 18.2. The zero-order chi connectivity index (χ0) is 17.7. The maximum Gasteiger partial charge on any atom is 0.261 e. The fraction of sp³-hybridized carbons (Fsp3) is 0.526. The van der Waals surface area contributed by atoms with E-state index >= 15 is 0 Å². The van der Waals surface area contributed by atoms with Crippen LogP contribution >= 0.6 is 0 Å². The molecular formula is C19H26N2O3. The summed E-state index contributed by atoms with van der Waals surface area (Å²) < 4.78 is 0. The molecule has 0 atom stereocenters. The standard InChI is InChI=1S/C19H26N2O3/c1-19(2,3)11-7-12-20-16(22)10-6-13-21-17(23)14-8-4-5-9-15(14)18(21)24/h4-5,8-9H,6-7,10-13H2,1-3H3,(H,20,22). The molecule has 0 saturated heterocycles. The predicted octanol–water partition coefficient (Wildman–Crippen LogP) is 3.01. The second-order valence-corrected chi connectivity index (χ2v) is 7.43. The average Bonchev–Trinajstić information content (AvgIpc) is 2.76. The van der Waals surface area contributed by atoms with Gasteiger partial charge in [0.2, 0.25) is 5.91 Å². The number of amides is 3. The number of hydrogen-bond donors (Lipinski definition) is 1. The zero-order valence-corrected chi connectivity index (χ0v) is 14.7. The van der Waals surface area contributed by atoms with Crippen LogP contribution in [0.25, 0.3) is 0 Å². The Morgan fingerprint density at radius 1 is 1.04 bits per heavy atom. The Morgan fingerprint density at radius 2 is 1.62 bits per heavy atom. The molecule has 3 amide bonds. The van der Waals surface area contributed by atoms with E-state index in [1.807, 2.05) is 0 Å². The van der Waals surface area contributed by atoms with Crippen LogP contribution in [-0.2, 0) is 4.79 Å². The molecule has 0 radical (unpaired) electrons. The molecule has 0 bridgehead atoms. The zero-order valence-electron chi connectivity index (χ0n) is 14.7. The summed E-state index contributed by atoms with van der Waals surface area (Å²) in [7, 11) is 0. The van der Waals surface area contributed by atoms with Crippen molar-refractivity contribution >= 4 is 17.7 Å². The summed E-state index contributed by atoms with van der Waals surface area (Å²) in [4.78, 5) is 37.4. The molecule has 130 valence electrons. The molecule has 0 unspecified atom stereocenters. The first-order chi connectivity index (χ1) is 11.3. The number of benzene rings is 1. The predicted molar refractivity (Wildman–Crippen MR) is 92.7 cm³/mol. The normalized spacial score (nSPS) is 14.0. The van der Waals surface area contributed by atoms with E-state index in [0.717, 1.165) is 12.8 Å². The highest BCUT2D eigenvalue weighted by molar-refractivity contribution is 6.21. The van der Waals surface area contributed by atoms with Crippen LogP contribution in [0.1, 0.15) is 67.2 Å². The highest BCUT2D eigenvalue weighted by atomic mass is 16.2. The number of hydrogen-bond acceptors (Lipinski definition) is 3. The maximum atomic E-state index is 12.2. The van der Waals surface area contributed by atoms with Crippen LogP contribution in [0.2, 0.25) is 0 Å². The van der Waals surface area contributed by atoms with Gasteiger partial charge in [-0.25, -0.2) is 0 Å². The van der Waals surface area contributed by atoms with Gasteiger partial charge < -0.3 is 5.32 Å². The minimum Gasteiger partial charge on any atom is -0.356 e. The molecule has 2 rings (SSSR count). The molecule has 0 aliphatic carbocycles. The van der Waals surface area contributed by atoms with Gasteiger partial charge in [0.15, 0.2) is 0 Å². The number of nitrogens with one attached hydrogen (secondary N) is 1. The topological polar surface area (TPSA) is 66.5 Å². The van der Waals surface area contributed by atoms with E-state index in [0.29, 0.717) is 30.5 Å². The van der Waals surface area contributed by atoms with E-state index in [2.05, 4.69) is 26.1 Å². The quantitative estimate of drug-likeness (QED) is 0.617. The molecule has 0 spiro atoms. The Balaban J connectivity index is 1.71. The van der Waals surface area contributed by atoms with Crippen LogP contribution in [0.3, 0.4) is 0 Å². The Morgan fingerprint density at radius 3 is 2.17 bits per heavy atom. The Labute approximate surface area is 143 Å².